The van der Waals surface area contributed by atoms with Crippen LogP contribution in [0.15, 0.2) is 47.6 Å². The van der Waals surface area contributed by atoms with Crippen molar-refractivity contribution in [2.24, 2.45) is 22.9 Å². The quantitative estimate of drug-likeness (QED) is 0.144. The third-order valence-electron chi connectivity index (χ3n) is 6.93. The van der Waals surface area contributed by atoms with Gasteiger partial charge in [0, 0.05) is 23.4 Å². The van der Waals surface area contributed by atoms with Crippen LogP contribution in [-0.2, 0) is 27.5 Å². The third-order valence-corrected chi connectivity index (χ3v) is 6.93. The van der Waals surface area contributed by atoms with E-state index in [4.69, 9.17) is 10.3 Å². The number of carbonyl (C=O) groups excluding carboxylic acids is 2. The lowest BCUT2D eigenvalue weighted by Crippen LogP contribution is -2.52. The van der Waals surface area contributed by atoms with Crippen LogP contribution in [0, 0.1) is 35.2 Å². The number of carbonyl (C=O) groups is 2. The molecular formula is C29H38F3N5O4. The Labute approximate surface area is 238 Å². The molecule has 0 heterocycles. The van der Waals surface area contributed by atoms with Gasteiger partial charge in [-0.25, -0.2) is 13.2 Å². The number of benzene rings is 2. The number of halogens is 3. The van der Waals surface area contributed by atoms with Gasteiger partial charge >= 0.3 is 0 Å². The first-order valence-corrected chi connectivity index (χ1v) is 13.5. The zero-order chi connectivity index (χ0) is 30.5. The Morgan fingerprint density at radius 2 is 1.63 bits per heavy atom. The van der Waals surface area contributed by atoms with Gasteiger partial charge in [0.25, 0.3) is 0 Å². The smallest absolute Gasteiger partial charge is 0.243 e. The molecule has 9 nitrogen and oxygen atoms in total. The summed E-state index contributed by atoms with van der Waals surface area (Å²) in [6.45, 7) is 7.03. The second kappa shape index (κ2) is 16.6. The number of hydrogen-bond acceptors (Lipinski definition) is 5. The predicted molar refractivity (Wildman–Crippen MR) is 148 cm³/mol. The van der Waals surface area contributed by atoms with Crippen molar-refractivity contribution in [2.45, 2.75) is 71.9 Å². The molecule has 0 fully saturated rings. The molecule has 0 radical (unpaired) electrons. The van der Waals surface area contributed by atoms with Crippen molar-refractivity contribution in [2.75, 3.05) is 6.61 Å². The van der Waals surface area contributed by atoms with E-state index in [1.807, 2.05) is 13.8 Å². The largest absolute Gasteiger partial charge is 0.393 e. The van der Waals surface area contributed by atoms with Crippen LogP contribution in [0.2, 0.25) is 0 Å². The Balaban J connectivity index is 2.05. The monoisotopic (exact) mass is 577 g/mol. The van der Waals surface area contributed by atoms with E-state index in [-0.39, 0.29) is 49.4 Å². The Bertz CT molecular complexity index is 1170. The van der Waals surface area contributed by atoms with E-state index in [1.54, 1.807) is 26.0 Å². The summed E-state index contributed by atoms with van der Waals surface area (Å²) in [7, 11) is 0. The molecule has 12 heteroatoms. The van der Waals surface area contributed by atoms with Gasteiger partial charge in [-0.3, -0.25) is 9.59 Å². The maximum Gasteiger partial charge on any atom is 0.243 e. The fourth-order valence-electron chi connectivity index (χ4n) is 4.24. The van der Waals surface area contributed by atoms with Gasteiger partial charge in [-0.15, -0.1) is 0 Å². The summed E-state index contributed by atoms with van der Waals surface area (Å²) < 4.78 is 45.5. The molecule has 0 spiro atoms. The molecule has 0 aromatic heterocycles. The van der Waals surface area contributed by atoms with Crippen molar-refractivity contribution in [1.29, 1.82) is 0 Å². The maximum atomic E-state index is 13.4. The van der Waals surface area contributed by atoms with E-state index in [0.29, 0.717) is 12.0 Å². The number of aliphatic hydroxyl groups excluding tert-OH is 1. The summed E-state index contributed by atoms with van der Waals surface area (Å²) in [5, 5.41) is 20.1. The highest BCUT2D eigenvalue weighted by Crippen LogP contribution is 2.22. The highest BCUT2D eigenvalue weighted by Gasteiger charge is 2.33. The highest BCUT2D eigenvalue weighted by molar-refractivity contribution is 5.88. The van der Waals surface area contributed by atoms with Crippen molar-refractivity contribution in [3.8, 4) is 0 Å². The van der Waals surface area contributed by atoms with Gasteiger partial charge in [-0.1, -0.05) is 51.4 Å². The molecule has 2 amide bonds. The van der Waals surface area contributed by atoms with E-state index in [2.05, 4.69) is 20.7 Å². The van der Waals surface area contributed by atoms with Gasteiger partial charge in [0.15, 0.2) is 0 Å². The first-order chi connectivity index (χ1) is 19.4. The molecule has 3 N–H and O–H groups in total. The number of nitrogens with one attached hydrogen (secondary N) is 2. The minimum absolute atomic E-state index is 0.0877. The molecular weight excluding hydrogens is 539 g/mol. The van der Waals surface area contributed by atoms with Gasteiger partial charge in [0.2, 0.25) is 11.8 Å². The lowest BCUT2D eigenvalue weighted by Gasteiger charge is -2.29. The molecule has 0 aliphatic heterocycles. The number of rotatable bonds is 16. The van der Waals surface area contributed by atoms with Crippen molar-refractivity contribution < 1.29 is 32.6 Å². The SMILES string of the molecule is CCC(C)C(NC(=O)C(CC(O)C(COCc1cc(F)cc(F)c1)N=[N+]=[N-])C(C)C)C(=O)NCc1ccc(F)cc1. The van der Waals surface area contributed by atoms with E-state index in [0.717, 1.165) is 18.2 Å². The topological polar surface area (TPSA) is 136 Å². The van der Waals surface area contributed by atoms with Crippen molar-refractivity contribution >= 4 is 11.8 Å². The van der Waals surface area contributed by atoms with Crippen molar-refractivity contribution in [3.63, 3.8) is 0 Å². The molecule has 2 rings (SSSR count). The Hall–Kier alpha value is -3.60. The lowest BCUT2D eigenvalue weighted by atomic mass is 9.86. The fraction of sp³-hybridized carbons (Fsp3) is 0.517. The number of azide groups is 1. The predicted octanol–water partition coefficient (Wildman–Crippen LogP) is 5.17. The normalized spacial score (nSPS) is 14.9. The van der Waals surface area contributed by atoms with Crippen molar-refractivity contribution in [1.82, 2.24) is 10.6 Å². The Morgan fingerprint density at radius 1 is 1.00 bits per heavy atom. The average Bonchev–Trinajstić information content (AvgIpc) is 2.92. The zero-order valence-corrected chi connectivity index (χ0v) is 23.7. The first-order valence-electron chi connectivity index (χ1n) is 13.5. The zero-order valence-electron chi connectivity index (χ0n) is 23.7. The van der Waals surface area contributed by atoms with Crippen molar-refractivity contribution in [3.05, 3.63) is 81.5 Å². The minimum Gasteiger partial charge on any atom is -0.393 e. The van der Waals surface area contributed by atoms with Crippen LogP contribution < -0.4 is 10.6 Å². The summed E-state index contributed by atoms with van der Waals surface area (Å²) in [6, 6.07) is 6.72. The van der Waals surface area contributed by atoms with E-state index in [1.165, 1.54) is 12.1 Å². The Kier molecular flexibility index (Phi) is 13.6. The van der Waals surface area contributed by atoms with Crippen LogP contribution in [0.3, 0.4) is 0 Å². The first kappa shape index (κ1) is 33.6. The summed E-state index contributed by atoms with van der Waals surface area (Å²) >= 11 is 0. The van der Waals surface area contributed by atoms with Gasteiger partial charge in [0.05, 0.1) is 25.4 Å². The van der Waals surface area contributed by atoms with Crippen LogP contribution in [0.1, 0.15) is 51.7 Å². The van der Waals surface area contributed by atoms with Gasteiger partial charge in [-0.2, -0.15) is 0 Å². The highest BCUT2D eigenvalue weighted by atomic mass is 19.1. The molecule has 0 saturated heterocycles. The van der Waals surface area contributed by atoms with Crippen LogP contribution in [0.5, 0.6) is 0 Å². The molecule has 0 aliphatic carbocycles. The third kappa shape index (κ3) is 11.1. The van der Waals surface area contributed by atoms with Crippen LogP contribution >= 0.6 is 0 Å². The molecule has 0 bridgehead atoms. The van der Waals surface area contributed by atoms with Crippen LogP contribution in [0.4, 0.5) is 13.2 Å². The van der Waals surface area contributed by atoms with E-state index < -0.39 is 47.6 Å². The standard InChI is InChI=1S/C29H38F3N5O4/c1-5-18(4)27(29(40)34-14-19-6-8-21(30)9-7-19)35-28(39)24(17(2)3)13-26(38)25(36-37-33)16-41-15-20-10-22(31)12-23(32)11-20/h6-12,17-18,24-27,38H,5,13-16H2,1-4H3,(H,34,40)(H,35,39). The van der Waals surface area contributed by atoms with Gasteiger partial charge < -0.3 is 20.5 Å². The molecule has 0 saturated carbocycles. The molecule has 5 atom stereocenters. The number of hydrogen-bond donors (Lipinski definition) is 3. The minimum atomic E-state index is -1.28. The molecule has 5 unspecified atom stereocenters. The molecule has 2 aromatic carbocycles. The summed E-state index contributed by atoms with van der Waals surface area (Å²) in [6.07, 6.45) is -0.757. The second-order valence-electron chi connectivity index (χ2n) is 10.4. The number of ether oxygens (including phenoxy) is 1. The average molecular weight is 578 g/mol. The van der Waals surface area contributed by atoms with Crippen LogP contribution in [-0.4, -0.2) is 41.7 Å². The van der Waals surface area contributed by atoms with E-state index in [9.17, 15) is 27.9 Å². The molecule has 2 aromatic rings. The molecule has 0 aliphatic rings. The maximum absolute atomic E-state index is 13.4. The fourth-order valence-corrected chi connectivity index (χ4v) is 4.24. The summed E-state index contributed by atoms with van der Waals surface area (Å²) in [5.41, 5.74) is 9.92. The van der Waals surface area contributed by atoms with Crippen LogP contribution in [0.25, 0.3) is 10.4 Å². The second-order valence-corrected chi connectivity index (χ2v) is 10.4. The Morgan fingerprint density at radius 3 is 2.20 bits per heavy atom. The van der Waals surface area contributed by atoms with Gasteiger partial charge in [-0.05, 0) is 59.2 Å². The number of amides is 2. The number of nitrogens with zero attached hydrogens (tertiary/aromatic N) is 3. The summed E-state index contributed by atoms with van der Waals surface area (Å²) in [5.74, 6) is -3.94. The molecule has 41 heavy (non-hydrogen) atoms. The van der Waals surface area contributed by atoms with E-state index >= 15 is 0 Å². The number of aliphatic hydroxyl groups is 1. The lowest BCUT2D eigenvalue weighted by molar-refractivity contribution is -0.134. The summed E-state index contributed by atoms with van der Waals surface area (Å²) in [4.78, 5) is 29.2. The van der Waals surface area contributed by atoms with Gasteiger partial charge in [0.1, 0.15) is 23.5 Å². The molecule has 224 valence electrons.